The summed E-state index contributed by atoms with van der Waals surface area (Å²) in [5, 5.41) is 2.98. The average Bonchev–Trinajstić information content (AvgIpc) is 2.83. The minimum absolute atomic E-state index is 0.167. The molecule has 3 aromatic carbocycles. The van der Waals surface area contributed by atoms with Gasteiger partial charge in [-0.1, -0.05) is 30.3 Å². The summed E-state index contributed by atoms with van der Waals surface area (Å²) in [6.45, 7) is 14.3. The van der Waals surface area contributed by atoms with E-state index in [1.807, 2.05) is 42.5 Å². The molecule has 0 aliphatic rings. The molecule has 0 aliphatic heterocycles. The topological polar surface area (TPSA) is 50.8 Å². The van der Waals surface area contributed by atoms with E-state index < -0.39 is 0 Å². The molecule has 0 atom stereocenters. The number of carbonyl (C=O) groups is 1. The van der Waals surface area contributed by atoms with Gasteiger partial charge >= 0.3 is 0 Å². The summed E-state index contributed by atoms with van der Waals surface area (Å²) >= 11 is 0. The summed E-state index contributed by atoms with van der Waals surface area (Å²) in [4.78, 5) is 15.3. The van der Waals surface area contributed by atoms with Gasteiger partial charge in [0.1, 0.15) is 6.61 Å². The minimum atomic E-state index is -0.167. The number of hydrogen-bond donors (Lipinski definition) is 1. The molecule has 3 rings (SSSR count). The van der Waals surface area contributed by atoms with E-state index >= 15 is 0 Å². The minimum Gasteiger partial charge on any atom is -0.493 e. The lowest BCUT2D eigenvalue weighted by Crippen LogP contribution is -2.39. The van der Waals surface area contributed by atoms with Crippen LogP contribution in [0.5, 0.6) is 11.5 Å². The maximum absolute atomic E-state index is 12.9. The van der Waals surface area contributed by atoms with E-state index in [1.165, 1.54) is 16.7 Å². The van der Waals surface area contributed by atoms with Crippen LogP contribution in [-0.2, 0) is 0 Å². The van der Waals surface area contributed by atoms with E-state index in [4.69, 9.17) is 9.47 Å². The number of benzene rings is 3. The number of anilines is 1. The smallest absolute Gasteiger partial charge is 0.255 e. The van der Waals surface area contributed by atoms with Crippen LogP contribution >= 0.6 is 0 Å². The Labute approximate surface area is 210 Å². The van der Waals surface area contributed by atoms with Gasteiger partial charge in [0.15, 0.2) is 11.5 Å². The standard InChI is InChI=1S/C30H38N2O3/c1-20(2)32(21(3)4)17-18-35-29-19-26(15-16-28(29)34-7)31-30(33)25-13-11-24(12-14-25)27-10-8-9-22(5)23(27)6/h8-16,19-21H,17-18H2,1-7H3,(H,31,33). The summed E-state index contributed by atoms with van der Waals surface area (Å²) in [5.74, 6) is 1.09. The Morgan fingerprint density at radius 3 is 2.23 bits per heavy atom. The van der Waals surface area contributed by atoms with Crippen LogP contribution in [0.15, 0.2) is 60.7 Å². The highest BCUT2D eigenvalue weighted by atomic mass is 16.5. The predicted octanol–water partition coefficient (Wildman–Crippen LogP) is 6.73. The molecule has 5 heteroatoms. The lowest BCUT2D eigenvalue weighted by atomic mass is 9.96. The SMILES string of the molecule is COc1ccc(NC(=O)c2ccc(-c3cccc(C)c3C)cc2)cc1OCCN(C(C)C)C(C)C. The highest BCUT2D eigenvalue weighted by Gasteiger charge is 2.15. The molecule has 0 saturated heterocycles. The van der Waals surface area contributed by atoms with Gasteiger partial charge in [-0.3, -0.25) is 9.69 Å². The van der Waals surface area contributed by atoms with Crippen molar-refractivity contribution in [2.45, 2.75) is 53.6 Å². The van der Waals surface area contributed by atoms with Crippen LogP contribution < -0.4 is 14.8 Å². The van der Waals surface area contributed by atoms with Crippen molar-refractivity contribution in [2.24, 2.45) is 0 Å². The summed E-state index contributed by atoms with van der Waals surface area (Å²) in [7, 11) is 1.62. The van der Waals surface area contributed by atoms with Crippen LogP contribution in [0, 0.1) is 13.8 Å². The highest BCUT2D eigenvalue weighted by Crippen LogP contribution is 2.31. The summed E-state index contributed by atoms with van der Waals surface area (Å²) in [6, 6.07) is 20.3. The Morgan fingerprint density at radius 2 is 1.60 bits per heavy atom. The molecular formula is C30H38N2O3. The number of rotatable bonds is 10. The van der Waals surface area contributed by atoms with Crippen LogP contribution in [0.3, 0.4) is 0 Å². The van der Waals surface area contributed by atoms with Crippen molar-refractivity contribution >= 4 is 11.6 Å². The van der Waals surface area contributed by atoms with Crippen molar-refractivity contribution in [3.05, 3.63) is 77.4 Å². The predicted molar refractivity (Wildman–Crippen MR) is 145 cm³/mol. The van der Waals surface area contributed by atoms with Crippen LogP contribution in [-0.4, -0.2) is 43.2 Å². The zero-order valence-corrected chi connectivity index (χ0v) is 22.0. The summed E-state index contributed by atoms with van der Waals surface area (Å²) in [6.07, 6.45) is 0. The van der Waals surface area contributed by atoms with Crippen LogP contribution in [0.25, 0.3) is 11.1 Å². The summed E-state index contributed by atoms with van der Waals surface area (Å²) in [5.41, 5.74) is 6.04. The zero-order chi connectivity index (χ0) is 25.5. The number of hydrogen-bond acceptors (Lipinski definition) is 4. The fraction of sp³-hybridized carbons (Fsp3) is 0.367. The molecule has 1 amide bonds. The van der Waals surface area contributed by atoms with Gasteiger partial charge in [-0.15, -0.1) is 0 Å². The van der Waals surface area contributed by atoms with Crippen LogP contribution in [0.4, 0.5) is 5.69 Å². The molecule has 0 saturated carbocycles. The van der Waals surface area contributed by atoms with Crippen molar-refractivity contribution < 1.29 is 14.3 Å². The quantitative estimate of drug-likeness (QED) is 0.354. The van der Waals surface area contributed by atoms with E-state index in [2.05, 4.69) is 70.0 Å². The molecule has 0 unspecified atom stereocenters. The Balaban J connectivity index is 1.69. The molecule has 0 fully saturated rings. The maximum Gasteiger partial charge on any atom is 0.255 e. The molecular weight excluding hydrogens is 436 g/mol. The van der Waals surface area contributed by atoms with Crippen molar-refractivity contribution in [2.75, 3.05) is 25.6 Å². The van der Waals surface area contributed by atoms with Crippen molar-refractivity contribution in [3.63, 3.8) is 0 Å². The molecule has 0 bridgehead atoms. The number of methoxy groups -OCH3 is 1. The largest absolute Gasteiger partial charge is 0.493 e. The average molecular weight is 475 g/mol. The van der Waals surface area contributed by atoms with Crippen molar-refractivity contribution in [1.82, 2.24) is 4.90 Å². The number of nitrogens with one attached hydrogen (secondary N) is 1. The second kappa shape index (κ2) is 11.9. The van der Waals surface area contributed by atoms with Gasteiger partial charge in [0.25, 0.3) is 5.91 Å². The van der Waals surface area contributed by atoms with E-state index in [1.54, 1.807) is 7.11 Å². The Morgan fingerprint density at radius 1 is 0.914 bits per heavy atom. The molecule has 0 aromatic heterocycles. The molecule has 0 aliphatic carbocycles. The monoisotopic (exact) mass is 474 g/mol. The molecule has 186 valence electrons. The number of carbonyl (C=O) groups excluding carboxylic acids is 1. The third-order valence-corrected chi connectivity index (χ3v) is 6.42. The van der Waals surface area contributed by atoms with Crippen LogP contribution in [0.1, 0.15) is 49.2 Å². The molecule has 0 heterocycles. The first-order chi connectivity index (χ1) is 16.7. The van der Waals surface area contributed by atoms with E-state index in [-0.39, 0.29) is 5.91 Å². The number of nitrogens with zero attached hydrogens (tertiary/aromatic N) is 1. The second-order valence-corrected chi connectivity index (χ2v) is 9.42. The first-order valence-electron chi connectivity index (χ1n) is 12.3. The number of aryl methyl sites for hydroxylation is 1. The first kappa shape index (κ1) is 26.3. The Hall–Kier alpha value is -3.31. The maximum atomic E-state index is 12.9. The lowest BCUT2D eigenvalue weighted by molar-refractivity contribution is 0.102. The lowest BCUT2D eigenvalue weighted by Gasteiger charge is -2.30. The molecule has 3 aromatic rings. The van der Waals surface area contributed by atoms with Gasteiger partial charge in [0, 0.05) is 35.9 Å². The fourth-order valence-corrected chi connectivity index (χ4v) is 4.31. The molecule has 0 spiro atoms. The third-order valence-electron chi connectivity index (χ3n) is 6.42. The van der Waals surface area contributed by atoms with Gasteiger partial charge in [-0.05, 0) is 88.1 Å². The van der Waals surface area contributed by atoms with Crippen molar-refractivity contribution in [1.29, 1.82) is 0 Å². The van der Waals surface area contributed by atoms with E-state index in [0.717, 1.165) is 12.1 Å². The number of ether oxygens (including phenoxy) is 2. The normalized spacial score (nSPS) is 11.3. The number of amides is 1. The third kappa shape index (κ3) is 6.64. The molecule has 35 heavy (non-hydrogen) atoms. The van der Waals surface area contributed by atoms with E-state index in [0.29, 0.717) is 41.4 Å². The van der Waals surface area contributed by atoms with E-state index in [9.17, 15) is 4.79 Å². The van der Waals surface area contributed by atoms with Gasteiger partial charge in [-0.2, -0.15) is 0 Å². The fourth-order valence-electron chi connectivity index (χ4n) is 4.31. The Kier molecular flexibility index (Phi) is 8.94. The second-order valence-electron chi connectivity index (χ2n) is 9.42. The van der Waals surface area contributed by atoms with Crippen LogP contribution in [0.2, 0.25) is 0 Å². The zero-order valence-electron chi connectivity index (χ0n) is 22.0. The molecule has 1 N–H and O–H groups in total. The van der Waals surface area contributed by atoms with Gasteiger partial charge in [0.2, 0.25) is 0 Å². The van der Waals surface area contributed by atoms with Crippen molar-refractivity contribution in [3.8, 4) is 22.6 Å². The Bertz CT molecular complexity index is 1130. The molecule has 5 nitrogen and oxygen atoms in total. The molecule has 0 radical (unpaired) electrons. The van der Waals surface area contributed by atoms with Gasteiger partial charge < -0.3 is 14.8 Å². The summed E-state index contributed by atoms with van der Waals surface area (Å²) < 4.78 is 11.5. The highest BCUT2D eigenvalue weighted by molar-refractivity contribution is 6.04. The first-order valence-corrected chi connectivity index (χ1v) is 12.3. The van der Waals surface area contributed by atoms with Gasteiger partial charge in [0.05, 0.1) is 7.11 Å². The van der Waals surface area contributed by atoms with Gasteiger partial charge in [-0.25, -0.2) is 0 Å².